The van der Waals surface area contributed by atoms with Gasteiger partial charge in [-0.3, -0.25) is 9.59 Å². The molecule has 178 valence electrons. The van der Waals surface area contributed by atoms with Crippen LogP contribution in [0.25, 0.3) is 16.4 Å². The predicted octanol–water partition coefficient (Wildman–Crippen LogP) is 2.70. The van der Waals surface area contributed by atoms with Crippen LogP contribution in [0.2, 0.25) is 5.02 Å². The lowest BCUT2D eigenvalue weighted by Crippen LogP contribution is -2.33. The van der Waals surface area contributed by atoms with Crippen molar-refractivity contribution >= 4 is 39.7 Å². The van der Waals surface area contributed by atoms with Crippen molar-refractivity contribution in [2.75, 3.05) is 5.73 Å². The largest absolute Gasteiger partial charge is 0.381 e. The third kappa shape index (κ3) is 4.10. The van der Waals surface area contributed by atoms with Gasteiger partial charge in [-0.1, -0.05) is 28.9 Å². The number of hydrogen-bond acceptors (Lipinski definition) is 8. The third-order valence-corrected chi connectivity index (χ3v) is 5.99. The number of nitrogens with zero attached hydrogens (tertiary/aromatic N) is 6. The van der Waals surface area contributed by atoms with Crippen molar-refractivity contribution in [1.82, 2.24) is 34.6 Å². The van der Waals surface area contributed by atoms with Gasteiger partial charge < -0.3 is 20.1 Å². The minimum atomic E-state index is -0.568. The number of anilines is 1. The summed E-state index contributed by atoms with van der Waals surface area (Å²) in [7, 11) is 0. The van der Waals surface area contributed by atoms with E-state index in [0.717, 1.165) is 0 Å². The molecule has 12 heteroatoms. The minimum Gasteiger partial charge on any atom is -0.381 e. The van der Waals surface area contributed by atoms with Crippen LogP contribution in [0.5, 0.6) is 0 Å². The van der Waals surface area contributed by atoms with Gasteiger partial charge in [0.2, 0.25) is 5.89 Å². The van der Waals surface area contributed by atoms with Gasteiger partial charge in [0.25, 0.3) is 11.5 Å². The average molecular weight is 493 g/mol. The second-order valence-electron chi connectivity index (χ2n) is 8.06. The Morgan fingerprint density at radius 3 is 2.91 bits per heavy atom. The summed E-state index contributed by atoms with van der Waals surface area (Å²) < 4.78 is 8.21. The van der Waals surface area contributed by atoms with Gasteiger partial charge in [0.1, 0.15) is 5.56 Å². The number of fused-ring (bicyclic) bond motifs is 2. The predicted molar refractivity (Wildman–Crippen MR) is 129 cm³/mol. The van der Waals surface area contributed by atoms with Gasteiger partial charge in [-0.15, -0.1) is 5.10 Å². The SMILES string of the molecule is Cc1noc(CCn2c(C(C)NC(=O)c3c(N)nn4cccnc34)cc3cccc(Cl)c3c2=O)n1. The van der Waals surface area contributed by atoms with Crippen LogP contribution in [-0.4, -0.2) is 35.2 Å². The Bertz CT molecular complexity index is 1640. The zero-order valence-corrected chi connectivity index (χ0v) is 19.7. The number of carbonyl (C=O) groups is 1. The Hall–Kier alpha value is -4.25. The minimum absolute atomic E-state index is 0.0582. The standard InChI is InChI=1S/C23H21ClN8O3/c1-12(27-22(33)19-20(25)29-32-9-4-8-26-21(19)32)16-11-14-5-3-6-15(24)18(14)23(34)31(16)10-7-17-28-13(2)30-35-17/h3-6,8-9,11-12H,7,10H2,1-2H3,(H2,25,29)(H,27,33). The fourth-order valence-electron chi connectivity index (χ4n) is 4.08. The highest BCUT2D eigenvalue weighted by Gasteiger charge is 2.23. The van der Waals surface area contributed by atoms with Gasteiger partial charge in [0.05, 0.1) is 16.5 Å². The molecule has 3 N–H and O–H groups in total. The first-order chi connectivity index (χ1) is 16.8. The quantitative estimate of drug-likeness (QED) is 0.368. The van der Waals surface area contributed by atoms with Gasteiger partial charge in [-0.05, 0) is 37.4 Å². The topological polar surface area (TPSA) is 146 Å². The Morgan fingerprint density at radius 2 is 2.14 bits per heavy atom. The number of carbonyl (C=O) groups excluding carboxylic acids is 1. The van der Waals surface area contributed by atoms with Gasteiger partial charge in [-0.25, -0.2) is 9.50 Å². The van der Waals surface area contributed by atoms with Gasteiger partial charge in [0, 0.05) is 31.1 Å². The molecule has 35 heavy (non-hydrogen) atoms. The maximum absolute atomic E-state index is 13.5. The molecular weight excluding hydrogens is 472 g/mol. The Kier molecular flexibility index (Phi) is 5.69. The van der Waals surface area contributed by atoms with Crippen molar-refractivity contribution in [3.8, 4) is 0 Å². The molecule has 4 aromatic heterocycles. The summed E-state index contributed by atoms with van der Waals surface area (Å²) >= 11 is 6.36. The van der Waals surface area contributed by atoms with E-state index < -0.39 is 11.9 Å². The summed E-state index contributed by atoms with van der Waals surface area (Å²) in [5.41, 5.74) is 6.80. The highest BCUT2D eigenvalue weighted by atomic mass is 35.5. The number of halogens is 1. The van der Waals surface area contributed by atoms with E-state index in [1.807, 2.05) is 6.07 Å². The number of amides is 1. The summed E-state index contributed by atoms with van der Waals surface area (Å²) in [6.45, 7) is 3.75. The van der Waals surface area contributed by atoms with E-state index in [-0.39, 0.29) is 23.5 Å². The summed E-state index contributed by atoms with van der Waals surface area (Å²) in [6, 6.07) is 8.20. The molecule has 1 amide bonds. The Morgan fingerprint density at radius 1 is 1.31 bits per heavy atom. The zero-order chi connectivity index (χ0) is 24.7. The number of benzene rings is 1. The number of pyridine rings is 1. The molecule has 5 aromatic rings. The highest BCUT2D eigenvalue weighted by molar-refractivity contribution is 6.35. The van der Waals surface area contributed by atoms with E-state index in [0.29, 0.717) is 45.3 Å². The molecule has 4 heterocycles. The summed E-state index contributed by atoms with van der Waals surface area (Å²) in [5, 5.41) is 12.3. The second kappa shape index (κ2) is 8.84. The number of rotatable bonds is 6. The third-order valence-electron chi connectivity index (χ3n) is 5.68. The number of nitrogens with one attached hydrogen (secondary N) is 1. The zero-order valence-electron chi connectivity index (χ0n) is 18.9. The van der Waals surface area contributed by atoms with E-state index in [1.54, 1.807) is 55.1 Å². The second-order valence-corrected chi connectivity index (χ2v) is 8.47. The highest BCUT2D eigenvalue weighted by Crippen LogP contribution is 2.24. The van der Waals surface area contributed by atoms with Gasteiger partial charge in [-0.2, -0.15) is 4.98 Å². The molecular formula is C23H21ClN8O3. The molecule has 0 fully saturated rings. The molecule has 0 saturated heterocycles. The van der Waals surface area contributed by atoms with Crippen molar-refractivity contribution < 1.29 is 9.32 Å². The van der Waals surface area contributed by atoms with Crippen molar-refractivity contribution in [3.05, 3.63) is 81.1 Å². The number of hydrogen-bond donors (Lipinski definition) is 2. The molecule has 0 aliphatic rings. The maximum Gasteiger partial charge on any atom is 0.260 e. The normalized spacial score (nSPS) is 12.3. The molecule has 1 atom stereocenters. The molecule has 0 aliphatic carbocycles. The van der Waals surface area contributed by atoms with E-state index in [9.17, 15) is 9.59 Å². The summed E-state index contributed by atoms with van der Waals surface area (Å²) in [4.78, 5) is 35.1. The smallest absolute Gasteiger partial charge is 0.260 e. The average Bonchev–Trinajstić information content (AvgIpc) is 3.39. The maximum atomic E-state index is 13.5. The molecule has 1 aromatic carbocycles. The molecule has 0 aliphatic heterocycles. The molecule has 0 saturated carbocycles. The molecule has 0 spiro atoms. The van der Waals surface area contributed by atoms with E-state index >= 15 is 0 Å². The fraction of sp³-hybridized carbons (Fsp3) is 0.217. The lowest BCUT2D eigenvalue weighted by molar-refractivity contribution is 0.0940. The van der Waals surface area contributed by atoms with Crippen molar-refractivity contribution in [2.24, 2.45) is 0 Å². The first-order valence-electron chi connectivity index (χ1n) is 10.8. The van der Waals surface area contributed by atoms with Crippen molar-refractivity contribution in [1.29, 1.82) is 0 Å². The lowest BCUT2D eigenvalue weighted by atomic mass is 10.1. The molecule has 11 nitrogen and oxygen atoms in total. The molecule has 5 rings (SSSR count). The number of aromatic nitrogens is 6. The Labute approximate surface area is 203 Å². The van der Waals surface area contributed by atoms with Crippen LogP contribution in [0.15, 0.2) is 52.0 Å². The van der Waals surface area contributed by atoms with Crippen LogP contribution in [-0.2, 0) is 13.0 Å². The molecule has 0 radical (unpaired) electrons. The van der Waals surface area contributed by atoms with Crippen molar-refractivity contribution in [3.63, 3.8) is 0 Å². The summed E-state index contributed by atoms with van der Waals surface area (Å²) in [5.74, 6) is 0.514. The van der Waals surface area contributed by atoms with Gasteiger partial charge in [0.15, 0.2) is 17.3 Å². The number of nitrogens with two attached hydrogens (primary N) is 1. The number of aryl methyl sites for hydroxylation is 2. The summed E-state index contributed by atoms with van der Waals surface area (Å²) in [6.07, 6.45) is 3.54. The van der Waals surface area contributed by atoms with Crippen LogP contribution in [0.4, 0.5) is 5.82 Å². The Balaban J connectivity index is 1.54. The molecule has 0 bridgehead atoms. The van der Waals surface area contributed by atoms with E-state index in [4.69, 9.17) is 21.9 Å². The van der Waals surface area contributed by atoms with Gasteiger partial charge >= 0.3 is 0 Å². The van der Waals surface area contributed by atoms with Crippen LogP contribution < -0.4 is 16.6 Å². The van der Waals surface area contributed by atoms with Crippen LogP contribution in [0.3, 0.4) is 0 Å². The lowest BCUT2D eigenvalue weighted by Gasteiger charge is -2.21. The molecule has 1 unspecified atom stereocenters. The van der Waals surface area contributed by atoms with Crippen molar-refractivity contribution in [2.45, 2.75) is 32.9 Å². The van der Waals surface area contributed by atoms with Crippen LogP contribution in [0, 0.1) is 6.92 Å². The first kappa shape index (κ1) is 22.5. The first-order valence-corrected chi connectivity index (χ1v) is 11.2. The fourth-order valence-corrected chi connectivity index (χ4v) is 4.34. The van der Waals surface area contributed by atoms with Crippen LogP contribution >= 0.6 is 11.6 Å². The monoisotopic (exact) mass is 492 g/mol. The van der Waals surface area contributed by atoms with Crippen LogP contribution in [0.1, 0.15) is 40.7 Å². The number of nitrogen functional groups attached to an aromatic ring is 1. The van der Waals surface area contributed by atoms with E-state index in [2.05, 4.69) is 25.5 Å². The van der Waals surface area contributed by atoms with E-state index in [1.165, 1.54) is 4.52 Å².